The average Bonchev–Trinajstić information content (AvgIpc) is 3.27. The van der Waals surface area contributed by atoms with Crippen molar-refractivity contribution in [2.75, 3.05) is 32.1 Å². The van der Waals surface area contributed by atoms with Gasteiger partial charge in [0.25, 0.3) is 11.8 Å². The molecule has 0 N–H and O–H groups in total. The minimum atomic E-state index is -0.158. The Bertz CT molecular complexity index is 1220. The number of ether oxygens (including phenoxy) is 1. The van der Waals surface area contributed by atoms with E-state index in [1.54, 1.807) is 43.3 Å². The number of fused-ring (bicyclic) bond motifs is 1. The third kappa shape index (κ3) is 5.56. The van der Waals surface area contributed by atoms with Gasteiger partial charge in [0.15, 0.2) is 11.7 Å². The number of para-hydroxylation sites is 1. The second-order valence-corrected chi connectivity index (χ2v) is 8.77. The van der Waals surface area contributed by atoms with Crippen molar-refractivity contribution >= 4 is 38.5 Å². The van der Waals surface area contributed by atoms with E-state index in [1.165, 1.54) is 16.2 Å². The monoisotopic (exact) mass is 459 g/mol. The summed E-state index contributed by atoms with van der Waals surface area (Å²) in [5.41, 5.74) is 2.50. The van der Waals surface area contributed by atoms with Crippen LogP contribution in [0.25, 0.3) is 10.2 Å². The van der Waals surface area contributed by atoms with Gasteiger partial charge in [-0.3, -0.25) is 14.5 Å². The predicted octanol–water partition coefficient (Wildman–Crippen LogP) is 4.65. The molecule has 0 aliphatic carbocycles. The molecule has 0 spiro atoms. The van der Waals surface area contributed by atoms with Crippen molar-refractivity contribution in [1.82, 2.24) is 9.88 Å². The van der Waals surface area contributed by atoms with Gasteiger partial charge >= 0.3 is 0 Å². The molecule has 33 heavy (non-hydrogen) atoms. The lowest BCUT2D eigenvalue weighted by atomic mass is 10.1. The highest BCUT2D eigenvalue weighted by atomic mass is 32.1. The number of carbonyl (C=O) groups is 2. The highest BCUT2D eigenvalue weighted by Crippen LogP contribution is 2.30. The summed E-state index contributed by atoms with van der Waals surface area (Å²) >= 11 is 1.50. The molecular weight excluding hydrogens is 434 g/mol. The molecule has 2 amide bonds. The molecule has 0 bridgehead atoms. The maximum Gasteiger partial charge on any atom is 0.260 e. The molecule has 0 aliphatic rings. The van der Waals surface area contributed by atoms with Crippen LogP contribution in [0.4, 0.5) is 5.13 Å². The number of nitrogens with zero attached hydrogens (tertiary/aromatic N) is 3. The summed E-state index contributed by atoms with van der Waals surface area (Å²) in [6.45, 7) is 0.410. The van der Waals surface area contributed by atoms with Gasteiger partial charge < -0.3 is 9.64 Å². The van der Waals surface area contributed by atoms with Gasteiger partial charge in [-0.15, -0.1) is 0 Å². The van der Waals surface area contributed by atoms with Gasteiger partial charge in [0.2, 0.25) is 0 Å². The molecule has 4 rings (SSSR count). The fourth-order valence-corrected chi connectivity index (χ4v) is 4.28. The highest BCUT2D eigenvalue weighted by Gasteiger charge is 2.22. The summed E-state index contributed by atoms with van der Waals surface area (Å²) in [4.78, 5) is 33.4. The zero-order chi connectivity index (χ0) is 23.2. The number of carbonyl (C=O) groups excluding carboxylic acids is 2. The number of rotatable bonds is 8. The number of benzene rings is 3. The van der Waals surface area contributed by atoms with Crippen LogP contribution in [-0.4, -0.2) is 48.9 Å². The van der Waals surface area contributed by atoms with Crippen molar-refractivity contribution in [3.05, 3.63) is 90.0 Å². The molecule has 0 atom stereocenters. The zero-order valence-corrected chi connectivity index (χ0v) is 19.4. The van der Waals surface area contributed by atoms with Crippen molar-refractivity contribution in [2.45, 2.75) is 6.42 Å². The van der Waals surface area contributed by atoms with Crippen LogP contribution < -0.4 is 9.64 Å². The Hall–Kier alpha value is -3.71. The summed E-state index contributed by atoms with van der Waals surface area (Å²) < 4.78 is 6.64. The van der Waals surface area contributed by atoms with Crippen LogP contribution in [-0.2, 0) is 11.2 Å². The van der Waals surface area contributed by atoms with E-state index < -0.39 is 0 Å². The molecule has 0 radical (unpaired) electrons. The molecule has 0 unspecified atom stereocenters. The number of aromatic nitrogens is 1. The second-order valence-electron chi connectivity index (χ2n) is 7.76. The predicted molar refractivity (Wildman–Crippen MR) is 132 cm³/mol. The molecule has 3 aromatic carbocycles. The van der Waals surface area contributed by atoms with E-state index in [9.17, 15) is 9.59 Å². The fourth-order valence-electron chi connectivity index (χ4n) is 3.29. The summed E-state index contributed by atoms with van der Waals surface area (Å²) in [5.74, 6) is 0.170. The molecule has 0 fully saturated rings. The first-order valence-corrected chi connectivity index (χ1v) is 11.5. The molecule has 4 aromatic rings. The van der Waals surface area contributed by atoms with Crippen LogP contribution in [0.15, 0.2) is 78.9 Å². The minimum absolute atomic E-state index is 0.0831. The Morgan fingerprint density at radius 1 is 0.939 bits per heavy atom. The van der Waals surface area contributed by atoms with Crippen molar-refractivity contribution in [3.8, 4) is 5.75 Å². The van der Waals surface area contributed by atoms with Crippen molar-refractivity contribution in [1.29, 1.82) is 0 Å². The van der Waals surface area contributed by atoms with E-state index in [4.69, 9.17) is 9.72 Å². The van der Waals surface area contributed by atoms with E-state index in [2.05, 4.69) is 12.1 Å². The number of amides is 2. The fraction of sp³-hybridized carbons (Fsp3) is 0.192. The topological polar surface area (TPSA) is 62.7 Å². The number of hydrogen-bond acceptors (Lipinski definition) is 5. The van der Waals surface area contributed by atoms with E-state index in [0.717, 1.165) is 15.8 Å². The van der Waals surface area contributed by atoms with E-state index in [0.29, 0.717) is 29.4 Å². The Labute approximate surface area is 197 Å². The lowest BCUT2D eigenvalue weighted by Crippen LogP contribution is -2.33. The Morgan fingerprint density at radius 2 is 1.70 bits per heavy atom. The lowest BCUT2D eigenvalue weighted by molar-refractivity contribution is -0.130. The third-order valence-corrected chi connectivity index (χ3v) is 6.23. The molecule has 1 heterocycles. The average molecular weight is 460 g/mol. The van der Waals surface area contributed by atoms with Gasteiger partial charge in [0.1, 0.15) is 5.75 Å². The smallest absolute Gasteiger partial charge is 0.260 e. The van der Waals surface area contributed by atoms with E-state index >= 15 is 0 Å². The van der Waals surface area contributed by atoms with Crippen LogP contribution in [0.3, 0.4) is 0 Å². The first-order valence-electron chi connectivity index (χ1n) is 10.7. The first kappa shape index (κ1) is 22.5. The Morgan fingerprint density at radius 3 is 2.45 bits per heavy atom. The molecule has 0 saturated heterocycles. The Balaban J connectivity index is 1.60. The van der Waals surface area contributed by atoms with Gasteiger partial charge in [-0.05, 0) is 42.3 Å². The minimum Gasteiger partial charge on any atom is -0.484 e. The first-order chi connectivity index (χ1) is 16.0. The van der Waals surface area contributed by atoms with Gasteiger partial charge in [0, 0.05) is 26.2 Å². The van der Waals surface area contributed by atoms with Gasteiger partial charge in [-0.25, -0.2) is 4.98 Å². The standard InChI is InChI=1S/C26H25N3O3S/c1-28(2)24(30)18-32-21-12-8-11-20(17-21)25(31)29(16-15-19-9-4-3-5-10-19)26-27-22-13-6-7-14-23(22)33-26/h3-14,17H,15-16,18H2,1-2H3. The number of anilines is 1. The summed E-state index contributed by atoms with van der Waals surface area (Å²) in [7, 11) is 3.35. The number of likely N-dealkylation sites (N-methyl/N-ethyl adjacent to an activating group) is 1. The van der Waals surface area contributed by atoms with Crippen LogP contribution in [0.2, 0.25) is 0 Å². The van der Waals surface area contributed by atoms with Crippen molar-refractivity contribution in [2.24, 2.45) is 0 Å². The molecule has 0 saturated carbocycles. The maximum atomic E-state index is 13.6. The summed E-state index contributed by atoms with van der Waals surface area (Å²) in [5, 5.41) is 0.659. The van der Waals surface area contributed by atoms with Gasteiger partial charge in [0.05, 0.1) is 10.2 Å². The summed E-state index contributed by atoms with van der Waals surface area (Å²) in [6, 6.07) is 24.9. The quantitative estimate of drug-likeness (QED) is 0.385. The van der Waals surface area contributed by atoms with Crippen LogP contribution in [0, 0.1) is 0 Å². The summed E-state index contributed by atoms with van der Waals surface area (Å²) in [6.07, 6.45) is 0.704. The SMILES string of the molecule is CN(C)C(=O)COc1cccc(C(=O)N(CCc2ccccc2)c2nc3ccccc3s2)c1. The maximum absolute atomic E-state index is 13.6. The van der Waals surface area contributed by atoms with Crippen molar-refractivity contribution < 1.29 is 14.3 Å². The van der Waals surface area contributed by atoms with Gasteiger partial charge in [-0.1, -0.05) is 59.9 Å². The normalized spacial score (nSPS) is 10.7. The molecule has 7 heteroatoms. The highest BCUT2D eigenvalue weighted by molar-refractivity contribution is 7.22. The van der Waals surface area contributed by atoms with Crippen LogP contribution >= 0.6 is 11.3 Å². The van der Waals surface area contributed by atoms with Gasteiger partial charge in [-0.2, -0.15) is 0 Å². The third-order valence-electron chi connectivity index (χ3n) is 5.17. The van der Waals surface area contributed by atoms with Crippen molar-refractivity contribution in [3.63, 3.8) is 0 Å². The van der Waals surface area contributed by atoms with E-state index in [-0.39, 0.29) is 18.4 Å². The molecule has 0 aliphatic heterocycles. The van der Waals surface area contributed by atoms with Crippen LogP contribution in [0.1, 0.15) is 15.9 Å². The second kappa shape index (κ2) is 10.3. The zero-order valence-electron chi connectivity index (χ0n) is 18.6. The molecule has 6 nitrogen and oxygen atoms in total. The molecular formula is C26H25N3O3S. The van der Waals surface area contributed by atoms with Crippen LogP contribution in [0.5, 0.6) is 5.75 Å². The molecule has 168 valence electrons. The Kier molecular flexibility index (Phi) is 7.00. The lowest BCUT2D eigenvalue weighted by Gasteiger charge is -2.20. The number of hydrogen-bond donors (Lipinski definition) is 0. The largest absolute Gasteiger partial charge is 0.484 e. The number of thiazole rings is 1. The molecule has 1 aromatic heterocycles. The van der Waals surface area contributed by atoms with E-state index in [1.807, 2.05) is 42.5 Å².